The van der Waals surface area contributed by atoms with E-state index in [1.807, 2.05) is 13.8 Å². The highest BCUT2D eigenvalue weighted by atomic mass is 16.4. The fourth-order valence-electron chi connectivity index (χ4n) is 2.32. The number of hydrogen-bond acceptors (Lipinski definition) is 3. The van der Waals surface area contributed by atoms with Gasteiger partial charge in [0, 0.05) is 6.54 Å². The zero-order valence-electron chi connectivity index (χ0n) is 10.7. The van der Waals surface area contributed by atoms with Crippen LogP contribution in [0.25, 0.3) is 0 Å². The molecule has 1 saturated heterocycles. The molecular formula is C12H22N2O3. The van der Waals surface area contributed by atoms with Gasteiger partial charge in [-0.25, -0.2) is 0 Å². The molecule has 1 aliphatic heterocycles. The number of carboxylic acid groups (broad SMARTS) is 1. The van der Waals surface area contributed by atoms with Crippen LogP contribution in [0.3, 0.4) is 0 Å². The molecule has 0 radical (unpaired) electrons. The number of carbonyl (C=O) groups is 2. The first kappa shape index (κ1) is 14.0. The fourth-order valence-corrected chi connectivity index (χ4v) is 2.32. The van der Waals surface area contributed by atoms with Crippen molar-refractivity contribution >= 4 is 11.9 Å². The van der Waals surface area contributed by atoms with E-state index in [0.29, 0.717) is 19.4 Å². The number of carboxylic acids is 1. The predicted molar refractivity (Wildman–Crippen MR) is 64.7 cm³/mol. The highest BCUT2D eigenvalue weighted by molar-refractivity contribution is 5.84. The first-order chi connectivity index (χ1) is 7.85. The zero-order chi connectivity index (χ0) is 13.1. The Hall–Kier alpha value is -1.10. The van der Waals surface area contributed by atoms with E-state index < -0.39 is 11.5 Å². The van der Waals surface area contributed by atoms with Gasteiger partial charge in [0.25, 0.3) is 0 Å². The van der Waals surface area contributed by atoms with Crippen LogP contribution >= 0.6 is 0 Å². The van der Waals surface area contributed by atoms with Gasteiger partial charge in [-0.1, -0.05) is 13.8 Å². The van der Waals surface area contributed by atoms with Crippen molar-refractivity contribution in [2.75, 3.05) is 6.54 Å². The molecule has 5 nitrogen and oxygen atoms in total. The van der Waals surface area contributed by atoms with Gasteiger partial charge in [0.1, 0.15) is 5.54 Å². The second-order valence-electron chi connectivity index (χ2n) is 5.37. The number of hydrogen-bond donors (Lipinski definition) is 3. The van der Waals surface area contributed by atoms with Crippen molar-refractivity contribution in [2.24, 2.45) is 5.92 Å². The maximum atomic E-state index is 11.6. The lowest BCUT2D eigenvalue weighted by atomic mass is 9.89. The minimum Gasteiger partial charge on any atom is -0.480 e. The second kappa shape index (κ2) is 5.49. The quantitative estimate of drug-likeness (QED) is 0.664. The summed E-state index contributed by atoms with van der Waals surface area (Å²) in [4.78, 5) is 23.0. The molecule has 0 aliphatic carbocycles. The molecule has 1 rings (SSSR count). The molecule has 1 fully saturated rings. The van der Waals surface area contributed by atoms with Crippen LogP contribution in [0.4, 0.5) is 0 Å². The van der Waals surface area contributed by atoms with Gasteiger partial charge in [-0.3, -0.25) is 14.9 Å². The SMILES string of the molecule is CC(C)CC(C)(NC1CCCNC1=O)C(=O)O. The lowest BCUT2D eigenvalue weighted by molar-refractivity contribution is -0.145. The lowest BCUT2D eigenvalue weighted by Gasteiger charge is -2.34. The van der Waals surface area contributed by atoms with Crippen LogP contribution in [-0.4, -0.2) is 35.1 Å². The summed E-state index contributed by atoms with van der Waals surface area (Å²) in [6.07, 6.45) is 2.10. The summed E-state index contributed by atoms with van der Waals surface area (Å²) in [7, 11) is 0. The maximum Gasteiger partial charge on any atom is 0.323 e. The third kappa shape index (κ3) is 3.70. The molecule has 2 atom stereocenters. The average molecular weight is 242 g/mol. The van der Waals surface area contributed by atoms with Crippen LogP contribution in [0.1, 0.15) is 40.0 Å². The van der Waals surface area contributed by atoms with Gasteiger partial charge in [0.05, 0.1) is 6.04 Å². The van der Waals surface area contributed by atoms with E-state index in [2.05, 4.69) is 10.6 Å². The number of aliphatic carboxylic acids is 1. The van der Waals surface area contributed by atoms with Crippen LogP contribution in [0.15, 0.2) is 0 Å². The van der Waals surface area contributed by atoms with Crippen molar-refractivity contribution in [1.29, 1.82) is 0 Å². The third-order valence-corrected chi connectivity index (χ3v) is 3.07. The van der Waals surface area contributed by atoms with Gasteiger partial charge in [-0.05, 0) is 32.1 Å². The first-order valence-corrected chi connectivity index (χ1v) is 6.14. The summed E-state index contributed by atoms with van der Waals surface area (Å²) in [6, 6.07) is -0.386. The predicted octanol–water partition coefficient (Wildman–Crippen LogP) is 0.744. The van der Waals surface area contributed by atoms with Crippen molar-refractivity contribution in [1.82, 2.24) is 10.6 Å². The number of piperidine rings is 1. The largest absolute Gasteiger partial charge is 0.480 e. The van der Waals surface area contributed by atoms with Gasteiger partial charge >= 0.3 is 5.97 Å². The first-order valence-electron chi connectivity index (χ1n) is 6.14. The summed E-state index contributed by atoms with van der Waals surface area (Å²) in [5.74, 6) is -0.729. The van der Waals surface area contributed by atoms with Gasteiger partial charge in [0.2, 0.25) is 5.91 Å². The fraction of sp³-hybridized carbons (Fsp3) is 0.833. The topological polar surface area (TPSA) is 78.4 Å². The van der Waals surface area contributed by atoms with E-state index in [-0.39, 0.29) is 17.9 Å². The molecule has 0 aromatic heterocycles. The highest BCUT2D eigenvalue weighted by Gasteiger charge is 2.38. The second-order valence-corrected chi connectivity index (χ2v) is 5.37. The number of amides is 1. The zero-order valence-corrected chi connectivity index (χ0v) is 10.7. The van der Waals surface area contributed by atoms with Gasteiger partial charge in [0.15, 0.2) is 0 Å². The highest BCUT2D eigenvalue weighted by Crippen LogP contribution is 2.19. The van der Waals surface area contributed by atoms with E-state index in [9.17, 15) is 14.7 Å². The van der Waals surface area contributed by atoms with Gasteiger partial charge < -0.3 is 10.4 Å². The summed E-state index contributed by atoms with van der Waals surface area (Å²) in [5.41, 5.74) is -1.03. The molecule has 5 heteroatoms. The number of rotatable bonds is 5. The van der Waals surface area contributed by atoms with E-state index in [1.54, 1.807) is 6.92 Å². The summed E-state index contributed by atoms with van der Waals surface area (Å²) < 4.78 is 0. The van der Waals surface area contributed by atoms with Crippen molar-refractivity contribution in [3.05, 3.63) is 0 Å². The summed E-state index contributed by atoms with van der Waals surface area (Å²) in [5, 5.41) is 15.1. The maximum absolute atomic E-state index is 11.6. The lowest BCUT2D eigenvalue weighted by Crippen LogP contribution is -2.60. The molecule has 1 aliphatic rings. The van der Waals surface area contributed by atoms with Crippen molar-refractivity contribution in [3.63, 3.8) is 0 Å². The van der Waals surface area contributed by atoms with Crippen molar-refractivity contribution in [3.8, 4) is 0 Å². The Morgan fingerprint density at radius 3 is 2.76 bits per heavy atom. The van der Waals surface area contributed by atoms with Gasteiger partial charge in [-0.15, -0.1) is 0 Å². The molecule has 17 heavy (non-hydrogen) atoms. The van der Waals surface area contributed by atoms with Gasteiger partial charge in [-0.2, -0.15) is 0 Å². The molecule has 2 unspecified atom stereocenters. The Balaban J connectivity index is 2.71. The van der Waals surface area contributed by atoms with E-state index >= 15 is 0 Å². The standard InChI is InChI=1S/C12H22N2O3/c1-8(2)7-12(3,11(16)17)14-9-5-4-6-13-10(9)15/h8-9,14H,4-7H2,1-3H3,(H,13,15)(H,16,17). The minimum absolute atomic E-state index is 0.0903. The van der Waals surface area contributed by atoms with Crippen LogP contribution in [0.2, 0.25) is 0 Å². The molecule has 1 amide bonds. The molecule has 0 aromatic rings. The minimum atomic E-state index is -1.03. The Morgan fingerprint density at radius 2 is 2.29 bits per heavy atom. The van der Waals surface area contributed by atoms with Crippen LogP contribution in [0.5, 0.6) is 0 Å². The van der Waals surface area contributed by atoms with Crippen molar-refractivity contribution in [2.45, 2.75) is 51.6 Å². The monoisotopic (exact) mass is 242 g/mol. The molecule has 1 heterocycles. The van der Waals surface area contributed by atoms with E-state index in [4.69, 9.17) is 0 Å². The Kier molecular flexibility index (Phi) is 4.51. The Bertz CT molecular complexity index is 304. The van der Waals surface area contributed by atoms with E-state index in [0.717, 1.165) is 6.42 Å². The smallest absolute Gasteiger partial charge is 0.323 e. The van der Waals surface area contributed by atoms with E-state index in [1.165, 1.54) is 0 Å². The number of nitrogens with one attached hydrogen (secondary N) is 2. The molecule has 98 valence electrons. The third-order valence-electron chi connectivity index (χ3n) is 3.07. The number of carbonyl (C=O) groups excluding carboxylic acids is 1. The van der Waals surface area contributed by atoms with Crippen LogP contribution in [-0.2, 0) is 9.59 Å². The Morgan fingerprint density at radius 1 is 1.65 bits per heavy atom. The van der Waals surface area contributed by atoms with Crippen LogP contribution in [0, 0.1) is 5.92 Å². The molecular weight excluding hydrogens is 220 g/mol. The average Bonchev–Trinajstić information content (AvgIpc) is 2.20. The summed E-state index contributed by atoms with van der Waals surface area (Å²) >= 11 is 0. The molecule has 0 bridgehead atoms. The van der Waals surface area contributed by atoms with Crippen LogP contribution < -0.4 is 10.6 Å². The summed E-state index contributed by atoms with van der Waals surface area (Å²) in [6.45, 7) is 6.29. The Labute approximate surface area is 102 Å². The normalized spacial score (nSPS) is 24.2. The molecule has 3 N–H and O–H groups in total. The molecule has 0 spiro atoms. The molecule has 0 aromatic carbocycles. The van der Waals surface area contributed by atoms with Crippen molar-refractivity contribution < 1.29 is 14.7 Å². The molecule has 0 saturated carbocycles.